The van der Waals surface area contributed by atoms with Crippen molar-refractivity contribution in [3.8, 4) is 0 Å². The Balaban J connectivity index is 1.79. The van der Waals surface area contributed by atoms with Crippen molar-refractivity contribution < 1.29 is 4.79 Å². The van der Waals surface area contributed by atoms with Crippen LogP contribution in [0.5, 0.6) is 0 Å². The Labute approximate surface area is 154 Å². The molecule has 134 valence electrons. The molecule has 0 radical (unpaired) electrons. The van der Waals surface area contributed by atoms with Crippen molar-refractivity contribution >= 4 is 17.2 Å². The standard InChI is InChI=1S/C20H27N3OS/c1-16-10-11-18(25-16)15-23(14-17-8-5-6-12-21-17)20(24)19-9-4-3-7-13-22(19)2/h5-6,8,10-12,19H,3-4,7,9,13-15H2,1-2H3. The molecule has 1 atom stereocenters. The summed E-state index contributed by atoms with van der Waals surface area (Å²) in [6.45, 7) is 4.35. The van der Waals surface area contributed by atoms with E-state index in [4.69, 9.17) is 0 Å². The lowest BCUT2D eigenvalue weighted by molar-refractivity contribution is -0.138. The third kappa shape index (κ3) is 4.89. The second kappa shape index (κ2) is 8.59. The number of hydrogen-bond acceptors (Lipinski definition) is 4. The summed E-state index contributed by atoms with van der Waals surface area (Å²) in [4.78, 5) is 24.5. The Morgan fingerprint density at radius 3 is 2.84 bits per heavy atom. The van der Waals surface area contributed by atoms with Crippen LogP contribution < -0.4 is 0 Å². The fraction of sp³-hybridized carbons (Fsp3) is 0.500. The van der Waals surface area contributed by atoms with Gasteiger partial charge in [-0.15, -0.1) is 11.3 Å². The van der Waals surface area contributed by atoms with Crippen LogP contribution in [-0.4, -0.2) is 40.3 Å². The van der Waals surface area contributed by atoms with E-state index in [0.29, 0.717) is 13.1 Å². The monoisotopic (exact) mass is 357 g/mol. The van der Waals surface area contributed by atoms with E-state index in [1.165, 1.54) is 22.6 Å². The highest BCUT2D eigenvalue weighted by atomic mass is 32.1. The minimum absolute atomic E-state index is 0.00716. The summed E-state index contributed by atoms with van der Waals surface area (Å²) in [5.41, 5.74) is 0.945. The molecule has 0 spiro atoms. The molecule has 1 fully saturated rings. The van der Waals surface area contributed by atoms with E-state index < -0.39 is 0 Å². The Kier molecular flexibility index (Phi) is 6.21. The number of hydrogen-bond donors (Lipinski definition) is 0. The molecule has 1 amide bonds. The van der Waals surface area contributed by atoms with Crippen molar-refractivity contribution in [1.29, 1.82) is 0 Å². The van der Waals surface area contributed by atoms with Gasteiger partial charge in [0.1, 0.15) is 0 Å². The number of rotatable bonds is 5. The maximum Gasteiger partial charge on any atom is 0.240 e. The lowest BCUT2D eigenvalue weighted by Crippen LogP contribution is -2.46. The van der Waals surface area contributed by atoms with Crippen LogP contribution in [0.15, 0.2) is 36.5 Å². The number of amides is 1. The highest BCUT2D eigenvalue weighted by molar-refractivity contribution is 7.11. The molecule has 0 N–H and O–H groups in total. The summed E-state index contributed by atoms with van der Waals surface area (Å²) in [6, 6.07) is 10.1. The quantitative estimate of drug-likeness (QED) is 0.815. The van der Waals surface area contributed by atoms with E-state index in [-0.39, 0.29) is 11.9 Å². The molecule has 0 aliphatic carbocycles. The summed E-state index contributed by atoms with van der Waals surface area (Å²) in [6.07, 6.45) is 6.29. The fourth-order valence-corrected chi connectivity index (χ4v) is 4.34. The van der Waals surface area contributed by atoms with Crippen molar-refractivity contribution in [3.63, 3.8) is 0 Å². The van der Waals surface area contributed by atoms with Crippen molar-refractivity contribution in [2.45, 2.75) is 51.7 Å². The third-order valence-electron chi connectivity index (χ3n) is 4.84. The van der Waals surface area contributed by atoms with Crippen molar-refractivity contribution in [3.05, 3.63) is 52.0 Å². The molecule has 3 heterocycles. The van der Waals surface area contributed by atoms with Gasteiger partial charge in [-0.1, -0.05) is 18.9 Å². The topological polar surface area (TPSA) is 36.4 Å². The van der Waals surface area contributed by atoms with Crippen LogP contribution in [0.1, 0.15) is 41.1 Å². The molecule has 1 aliphatic heterocycles. The maximum atomic E-state index is 13.3. The first-order valence-corrected chi connectivity index (χ1v) is 9.89. The molecule has 2 aromatic rings. The van der Waals surface area contributed by atoms with Gasteiger partial charge in [0.25, 0.3) is 0 Å². The molecule has 2 aromatic heterocycles. The number of thiophene rings is 1. The largest absolute Gasteiger partial charge is 0.330 e. The van der Waals surface area contributed by atoms with Gasteiger partial charge < -0.3 is 4.90 Å². The van der Waals surface area contributed by atoms with Gasteiger partial charge in [0.2, 0.25) is 5.91 Å². The van der Waals surface area contributed by atoms with E-state index in [0.717, 1.165) is 25.1 Å². The number of carbonyl (C=O) groups excluding carboxylic acids is 1. The zero-order valence-corrected chi connectivity index (χ0v) is 16.0. The van der Waals surface area contributed by atoms with Gasteiger partial charge in [-0.05, 0) is 57.6 Å². The number of nitrogens with zero attached hydrogens (tertiary/aromatic N) is 3. The number of aryl methyl sites for hydroxylation is 1. The molecule has 5 heteroatoms. The van der Waals surface area contributed by atoms with Crippen molar-refractivity contribution in [1.82, 2.24) is 14.8 Å². The molecule has 1 aliphatic rings. The van der Waals surface area contributed by atoms with Gasteiger partial charge in [0, 0.05) is 16.0 Å². The van der Waals surface area contributed by atoms with Gasteiger partial charge in [0.15, 0.2) is 0 Å². The molecule has 0 aromatic carbocycles. The number of aromatic nitrogens is 1. The average molecular weight is 358 g/mol. The van der Waals surface area contributed by atoms with E-state index in [1.807, 2.05) is 23.1 Å². The zero-order valence-electron chi connectivity index (χ0n) is 15.1. The minimum Gasteiger partial charge on any atom is -0.330 e. The normalized spacial score (nSPS) is 18.7. The SMILES string of the molecule is Cc1ccc(CN(Cc2ccccn2)C(=O)C2CCCCCN2C)s1. The Morgan fingerprint density at radius 1 is 1.24 bits per heavy atom. The van der Waals surface area contributed by atoms with Gasteiger partial charge >= 0.3 is 0 Å². The molecule has 1 saturated heterocycles. The molecular formula is C20H27N3OS. The minimum atomic E-state index is -0.00716. The van der Waals surface area contributed by atoms with Crippen LogP contribution in [-0.2, 0) is 17.9 Å². The van der Waals surface area contributed by atoms with Gasteiger partial charge in [0.05, 0.1) is 24.8 Å². The summed E-state index contributed by atoms with van der Waals surface area (Å²) >= 11 is 1.77. The summed E-state index contributed by atoms with van der Waals surface area (Å²) in [5, 5.41) is 0. The maximum absolute atomic E-state index is 13.3. The van der Waals surface area contributed by atoms with E-state index in [1.54, 1.807) is 17.5 Å². The first kappa shape index (κ1) is 18.1. The Bertz CT molecular complexity index is 685. The lowest BCUT2D eigenvalue weighted by Gasteiger charge is -2.31. The van der Waals surface area contributed by atoms with Crippen LogP contribution in [0.2, 0.25) is 0 Å². The highest BCUT2D eigenvalue weighted by Crippen LogP contribution is 2.22. The second-order valence-corrected chi connectivity index (χ2v) is 8.25. The van der Waals surface area contributed by atoms with Crippen LogP contribution in [0.4, 0.5) is 0 Å². The summed E-state index contributed by atoms with van der Waals surface area (Å²) in [7, 11) is 2.09. The lowest BCUT2D eigenvalue weighted by atomic mass is 10.1. The number of likely N-dealkylation sites (tertiary alicyclic amines) is 1. The molecule has 0 saturated carbocycles. The van der Waals surface area contributed by atoms with E-state index in [2.05, 4.69) is 36.0 Å². The highest BCUT2D eigenvalue weighted by Gasteiger charge is 2.29. The number of pyridine rings is 1. The van der Waals surface area contributed by atoms with Gasteiger partial charge in [-0.3, -0.25) is 14.7 Å². The Hall–Kier alpha value is -1.72. The van der Waals surface area contributed by atoms with Crippen LogP contribution in [0.25, 0.3) is 0 Å². The molecular weight excluding hydrogens is 330 g/mol. The van der Waals surface area contributed by atoms with E-state index in [9.17, 15) is 4.79 Å². The van der Waals surface area contributed by atoms with E-state index >= 15 is 0 Å². The molecule has 3 rings (SSSR count). The molecule has 4 nitrogen and oxygen atoms in total. The third-order valence-corrected chi connectivity index (χ3v) is 5.82. The number of carbonyl (C=O) groups is 1. The smallest absolute Gasteiger partial charge is 0.240 e. The average Bonchev–Trinajstić information content (AvgIpc) is 2.90. The zero-order chi connectivity index (χ0) is 17.6. The first-order valence-electron chi connectivity index (χ1n) is 9.08. The van der Waals surface area contributed by atoms with Crippen LogP contribution >= 0.6 is 11.3 Å². The first-order chi connectivity index (χ1) is 12.1. The predicted molar refractivity (Wildman–Crippen MR) is 102 cm³/mol. The molecule has 1 unspecified atom stereocenters. The summed E-state index contributed by atoms with van der Waals surface area (Å²) in [5.74, 6) is 0.237. The Morgan fingerprint density at radius 2 is 2.12 bits per heavy atom. The molecule has 0 bridgehead atoms. The molecule has 25 heavy (non-hydrogen) atoms. The fourth-order valence-electron chi connectivity index (χ4n) is 3.43. The van der Waals surface area contributed by atoms with Crippen molar-refractivity contribution in [2.75, 3.05) is 13.6 Å². The summed E-state index contributed by atoms with van der Waals surface area (Å²) < 4.78 is 0. The van der Waals surface area contributed by atoms with Gasteiger partial charge in [-0.2, -0.15) is 0 Å². The predicted octanol–water partition coefficient (Wildman–Crippen LogP) is 3.85. The second-order valence-electron chi connectivity index (χ2n) is 6.87. The van der Waals surface area contributed by atoms with Crippen molar-refractivity contribution in [2.24, 2.45) is 0 Å². The van der Waals surface area contributed by atoms with Crippen LogP contribution in [0, 0.1) is 6.92 Å². The number of likely N-dealkylation sites (N-methyl/N-ethyl adjacent to an activating group) is 1. The van der Waals surface area contributed by atoms with Crippen LogP contribution in [0.3, 0.4) is 0 Å². The van der Waals surface area contributed by atoms with Gasteiger partial charge in [-0.25, -0.2) is 0 Å².